The van der Waals surface area contributed by atoms with Gasteiger partial charge in [-0.2, -0.15) is 5.26 Å². The zero-order valence-electron chi connectivity index (χ0n) is 48.5. The molecule has 4 aliphatic rings. The van der Waals surface area contributed by atoms with Gasteiger partial charge >= 0.3 is 12.1 Å². The molecule has 4 aliphatic heterocycles. The molecule has 3 saturated heterocycles. The first-order chi connectivity index (χ1) is 36.3. The van der Waals surface area contributed by atoms with Gasteiger partial charge in [0.2, 0.25) is 0 Å². The van der Waals surface area contributed by atoms with Crippen LogP contribution in [0, 0.1) is 24.2 Å². The first-order valence-corrected chi connectivity index (χ1v) is 32.2. The Morgan fingerprint density at radius 3 is 1.95 bits per heavy atom. The predicted octanol–water partition coefficient (Wildman–Crippen LogP) is 9.95. The fourth-order valence-electron chi connectivity index (χ4n) is 13.5. The van der Waals surface area contributed by atoms with Crippen molar-refractivity contribution in [2.45, 2.75) is 173 Å². The van der Waals surface area contributed by atoms with Gasteiger partial charge in [-0.25, -0.2) is 4.79 Å². The van der Waals surface area contributed by atoms with Gasteiger partial charge in [-0.3, -0.25) is 14.6 Å². The van der Waals surface area contributed by atoms with E-state index in [1.165, 1.54) is 6.92 Å². The molecule has 0 unspecified atom stereocenters. The van der Waals surface area contributed by atoms with Crippen molar-refractivity contribution < 1.29 is 46.9 Å². The number of piperazine rings is 1. The second-order valence-corrected chi connectivity index (χ2v) is 33.7. The van der Waals surface area contributed by atoms with Gasteiger partial charge in [0.15, 0.2) is 26.1 Å². The number of hydrogen-bond acceptors (Lipinski definition) is 13. The highest BCUT2D eigenvalue weighted by molar-refractivity contribution is 6.99. The maximum Gasteiger partial charge on any atom is 0.410 e. The smallest absolute Gasteiger partial charge is 0.410 e. The lowest BCUT2D eigenvalue weighted by atomic mass is 9.79. The maximum absolute atomic E-state index is 15.1. The Balaban J connectivity index is 1.28. The number of nitrogens with zero attached hydrogens (tertiary/aromatic N) is 4. The van der Waals surface area contributed by atoms with E-state index in [9.17, 15) is 10.1 Å². The highest BCUT2D eigenvalue weighted by atomic mass is 28.4. The number of methoxy groups -OCH3 is 2. The molecule has 3 fully saturated rings. The Hall–Kier alpha value is -5.10. The van der Waals surface area contributed by atoms with Crippen LogP contribution in [0.4, 0.5) is 4.79 Å². The molecule has 416 valence electrons. The monoisotopic (exact) mass is 1090 g/mol. The lowest BCUT2D eigenvalue weighted by molar-refractivity contribution is -0.257. The fourth-order valence-corrected chi connectivity index (χ4v) is 19.8. The van der Waals surface area contributed by atoms with E-state index in [-0.39, 0.29) is 47.1 Å². The van der Waals surface area contributed by atoms with Crippen LogP contribution in [0.5, 0.6) is 17.2 Å². The number of rotatable bonds is 16. The van der Waals surface area contributed by atoms with Gasteiger partial charge < -0.3 is 42.2 Å². The predicted molar refractivity (Wildman–Crippen MR) is 304 cm³/mol. The average Bonchev–Trinajstić information content (AvgIpc) is 3.78. The summed E-state index contributed by atoms with van der Waals surface area (Å²) >= 11 is 0. The van der Waals surface area contributed by atoms with Crippen LogP contribution in [0.25, 0.3) is 0 Å². The average molecular weight is 1090 g/mol. The number of likely N-dealkylation sites (N-methyl/N-ethyl adjacent to an activating group) is 1. The van der Waals surface area contributed by atoms with Crippen molar-refractivity contribution in [3.05, 3.63) is 113 Å². The van der Waals surface area contributed by atoms with Crippen molar-refractivity contribution in [3.8, 4) is 23.3 Å². The van der Waals surface area contributed by atoms with E-state index in [2.05, 4.69) is 147 Å². The third-order valence-corrected chi connectivity index (χ3v) is 27.0. The first kappa shape index (κ1) is 58.1. The lowest BCUT2D eigenvalue weighted by Crippen LogP contribution is -2.69. The Kier molecular flexibility index (Phi) is 17.0. The largest absolute Gasteiger partial charge is 0.496 e. The second kappa shape index (κ2) is 22.6. The second-order valence-electron chi connectivity index (χ2n) is 24.7. The van der Waals surface area contributed by atoms with Gasteiger partial charge in [0.1, 0.15) is 18.4 Å². The molecular weight excluding hydrogens is 1000 g/mol. The number of hydrogen-bond donors (Lipinski definition) is 0. The SMILES string of the molecule is COc1c(C)c(OC)c(OC(C)=O)c2c1C[C@H]1[C@H]3[C@H](CO[Si](c4ccccc4)(c4ccccc4)C(C)(C)C)C[C@@H]([C@H](C#N)N1[C@H]2CO[C@H]1C[C@](C)(O[Si](C)(C)C(C)(C)C)[C@H](N(C)C)[C@H](C)O1)N3C(=O)OCc1ccccc1. The van der Waals surface area contributed by atoms with Crippen LogP contribution in [0.15, 0.2) is 91.0 Å². The van der Waals surface area contributed by atoms with Crippen molar-refractivity contribution >= 4 is 39.1 Å². The minimum Gasteiger partial charge on any atom is -0.496 e. The number of carbonyl (C=O) groups is 2. The van der Waals surface area contributed by atoms with Crippen LogP contribution < -0.4 is 24.6 Å². The number of benzene rings is 4. The molecule has 8 rings (SSSR count). The molecule has 2 bridgehead atoms. The highest BCUT2D eigenvalue weighted by Crippen LogP contribution is 2.56. The van der Waals surface area contributed by atoms with Crippen LogP contribution in [-0.2, 0) is 40.9 Å². The van der Waals surface area contributed by atoms with E-state index >= 15 is 4.79 Å². The number of ether oxygens (including phenoxy) is 6. The molecule has 77 heavy (non-hydrogen) atoms. The van der Waals surface area contributed by atoms with Gasteiger partial charge in [0, 0.05) is 48.6 Å². The van der Waals surface area contributed by atoms with Crippen LogP contribution in [0.1, 0.15) is 103 Å². The molecule has 0 radical (unpaired) electrons. The summed E-state index contributed by atoms with van der Waals surface area (Å²) in [6.45, 7) is 26.0. The summed E-state index contributed by atoms with van der Waals surface area (Å²) in [7, 11) is 1.89. The van der Waals surface area contributed by atoms with Crippen molar-refractivity contribution in [2.75, 3.05) is 41.5 Å². The molecule has 0 saturated carbocycles. The van der Waals surface area contributed by atoms with Gasteiger partial charge in [-0.1, -0.05) is 133 Å². The van der Waals surface area contributed by atoms with E-state index in [1.54, 1.807) is 14.2 Å². The van der Waals surface area contributed by atoms with E-state index in [0.29, 0.717) is 48.5 Å². The fraction of sp³-hybridized carbons (Fsp3) is 0.557. The minimum atomic E-state index is -3.09. The van der Waals surface area contributed by atoms with Crippen molar-refractivity contribution in [1.82, 2.24) is 14.7 Å². The lowest BCUT2D eigenvalue weighted by Gasteiger charge is -2.56. The summed E-state index contributed by atoms with van der Waals surface area (Å²) in [5.74, 6) is 0.380. The Morgan fingerprint density at radius 2 is 1.43 bits per heavy atom. The topological polar surface area (TPSA) is 141 Å². The van der Waals surface area contributed by atoms with Gasteiger partial charge in [-0.15, -0.1) is 0 Å². The van der Waals surface area contributed by atoms with Crippen LogP contribution in [-0.4, -0.2) is 133 Å². The van der Waals surface area contributed by atoms with Crippen LogP contribution in [0.2, 0.25) is 23.2 Å². The van der Waals surface area contributed by atoms with Crippen molar-refractivity contribution in [1.29, 1.82) is 5.26 Å². The molecule has 1 amide bonds. The van der Waals surface area contributed by atoms with E-state index in [1.807, 2.05) is 54.3 Å². The van der Waals surface area contributed by atoms with E-state index in [0.717, 1.165) is 21.5 Å². The maximum atomic E-state index is 15.1. The number of fused-ring (bicyclic) bond motifs is 5. The molecule has 0 N–H and O–H groups in total. The quantitative estimate of drug-likeness (QED) is 0.0598. The first-order valence-electron chi connectivity index (χ1n) is 27.3. The van der Waals surface area contributed by atoms with Gasteiger partial charge in [0.05, 0.1) is 62.8 Å². The molecule has 4 aromatic carbocycles. The number of esters is 1. The minimum absolute atomic E-state index is 0.0205. The number of nitriles is 1. The van der Waals surface area contributed by atoms with Crippen molar-refractivity contribution in [3.63, 3.8) is 0 Å². The molecule has 0 aromatic heterocycles. The summed E-state index contributed by atoms with van der Waals surface area (Å²) < 4.78 is 54.1. The van der Waals surface area contributed by atoms with Crippen LogP contribution >= 0.6 is 0 Å². The van der Waals surface area contributed by atoms with E-state index < -0.39 is 70.8 Å². The third kappa shape index (κ3) is 10.9. The molecule has 0 aliphatic carbocycles. The molecule has 4 heterocycles. The molecule has 10 atom stereocenters. The third-order valence-electron chi connectivity index (χ3n) is 17.4. The standard InChI is InChI=1S/C61H84N4O10Si2/c1-39-54(68-13)46-33-48-53-43(37-72-77(60(7,8)9,44-28-22-18-23-29-44)45-30-24-19-25-31-45)32-47(65(53)58(67)71-36-42-26-20-17-21-27-42)49(35-62)64(48)50(52(46)56(55(39)69-14)74-41(3)66)38-70-51-34-61(10,57(63(11)12)40(2)73-51)75-76(15,16)59(4,5)6/h17-31,40,43,47-51,53,57H,32-34,36-38H2,1-16H3/t40-,43-,47-,48-,49-,50-,51+,53+,57+,61-/m0/s1. The molecule has 14 nitrogen and oxygen atoms in total. The molecular formula is C61H84N4O10Si2. The molecule has 16 heteroatoms. The van der Waals surface area contributed by atoms with E-state index in [4.69, 9.17) is 37.3 Å². The van der Waals surface area contributed by atoms with Crippen LogP contribution in [0.3, 0.4) is 0 Å². The summed E-state index contributed by atoms with van der Waals surface area (Å²) in [6, 6.07) is 30.2. The summed E-state index contributed by atoms with van der Waals surface area (Å²) in [6.07, 6.45) is -0.272. The Labute approximate surface area is 460 Å². The highest BCUT2D eigenvalue weighted by Gasteiger charge is 2.63. The normalized spacial score (nSPS) is 26.6. The Morgan fingerprint density at radius 1 is 0.844 bits per heavy atom. The van der Waals surface area contributed by atoms with Gasteiger partial charge in [-0.05, 0) is 86.8 Å². The van der Waals surface area contributed by atoms with Crippen molar-refractivity contribution in [2.24, 2.45) is 5.92 Å². The summed E-state index contributed by atoms with van der Waals surface area (Å²) in [4.78, 5) is 34.7. The summed E-state index contributed by atoms with van der Waals surface area (Å²) in [5.41, 5.74) is 2.25. The van der Waals surface area contributed by atoms with Gasteiger partial charge in [0.25, 0.3) is 8.32 Å². The number of amides is 1. The summed E-state index contributed by atoms with van der Waals surface area (Å²) in [5, 5.41) is 13.7. The molecule has 4 aromatic rings. The zero-order valence-corrected chi connectivity index (χ0v) is 50.5. The number of carbonyl (C=O) groups excluding carboxylic acids is 2. The molecule has 0 spiro atoms. The zero-order chi connectivity index (χ0) is 56.0. The Bertz CT molecular complexity index is 2730.